The summed E-state index contributed by atoms with van der Waals surface area (Å²) in [6.45, 7) is 3.64. The van der Waals surface area contributed by atoms with Gasteiger partial charge in [0.25, 0.3) is 0 Å². The summed E-state index contributed by atoms with van der Waals surface area (Å²) in [5.41, 5.74) is 0.900. The molecule has 2 aromatic rings. The van der Waals surface area contributed by atoms with E-state index >= 15 is 0 Å². The Kier molecular flexibility index (Phi) is 2.60. The Labute approximate surface area is 88.7 Å². The first-order chi connectivity index (χ1) is 7.29. The Morgan fingerprint density at radius 3 is 2.67 bits per heavy atom. The van der Waals surface area contributed by atoms with Gasteiger partial charge in [-0.1, -0.05) is 18.1 Å². The van der Waals surface area contributed by atoms with E-state index in [0.717, 1.165) is 16.3 Å². The SMILES string of the molecule is [CH2+]CC#Cc1ccc2ccc(F)cc2c1. The maximum Gasteiger partial charge on any atom is 0.145 e. The van der Waals surface area contributed by atoms with Crippen molar-refractivity contribution < 1.29 is 4.39 Å². The molecule has 15 heavy (non-hydrogen) atoms. The molecule has 0 aliphatic rings. The van der Waals surface area contributed by atoms with Crippen molar-refractivity contribution in [3.05, 3.63) is 54.7 Å². The van der Waals surface area contributed by atoms with Crippen LogP contribution in [0.3, 0.4) is 0 Å². The van der Waals surface area contributed by atoms with Crippen LogP contribution in [0.25, 0.3) is 10.8 Å². The van der Waals surface area contributed by atoms with Gasteiger partial charge < -0.3 is 0 Å². The van der Waals surface area contributed by atoms with E-state index in [1.54, 1.807) is 6.07 Å². The minimum Gasteiger partial charge on any atom is -0.207 e. The zero-order chi connectivity index (χ0) is 10.7. The van der Waals surface area contributed by atoms with Crippen molar-refractivity contribution in [3.8, 4) is 11.8 Å². The van der Waals surface area contributed by atoms with E-state index in [0.29, 0.717) is 6.42 Å². The summed E-state index contributed by atoms with van der Waals surface area (Å²) >= 11 is 0. The molecule has 0 saturated carbocycles. The second kappa shape index (κ2) is 4.06. The van der Waals surface area contributed by atoms with E-state index in [1.165, 1.54) is 12.1 Å². The second-order valence-corrected chi connectivity index (χ2v) is 3.26. The highest BCUT2D eigenvalue weighted by Gasteiger charge is 1.96. The lowest BCUT2D eigenvalue weighted by atomic mass is 10.1. The summed E-state index contributed by atoms with van der Waals surface area (Å²) in [5, 5.41) is 1.91. The molecule has 1 heteroatoms. The van der Waals surface area contributed by atoms with Gasteiger partial charge in [-0.15, -0.1) is 0 Å². The van der Waals surface area contributed by atoms with Gasteiger partial charge in [0.05, 0.1) is 6.92 Å². The Hall–Kier alpha value is -1.94. The number of fused-ring (bicyclic) bond motifs is 1. The smallest absolute Gasteiger partial charge is 0.145 e. The fraction of sp³-hybridized carbons (Fsp3) is 0.0714. The van der Waals surface area contributed by atoms with Crippen molar-refractivity contribution in [2.45, 2.75) is 6.42 Å². The van der Waals surface area contributed by atoms with Gasteiger partial charge in [0, 0.05) is 5.56 Å². The zero-order valence-electron chi connectivity index (χ0n) is 8.26. The van der Waals surface area contributed by atoms with Gasteiger partial charge in [0.15, 0.2) is 0 Å². The Morgan fingerprint density at radius 2 is 1.87 bits per heavy atom. The summed E-state index contributed by atoms with van der Waals surface area (Å²) < 4.78 is 13.0. The van der Waals surface area contributed by atoms with Crippen LogP contribution in [0.5, 0.6) is 0 Å². The molecule has 0 radical (unpaired) electrons. The molecule has 0 saturated heterocycles. The molecule has 72 valence electrons. The van der Waals surface area contributed by atoms with Gasteiger partial charge in [-0.2, -0.15) is 0 Å². The monoisotopic (exact) mass is 197 g/mol. The van der Waals surface area contributed by atoms with Gasteiger partial charge in [-0.3, -0.25) is 0 Å². The molecule has 2 rings (SSSR count). The molecule has 0 nitrogen and oxygen atoms in total. The molecule has 0 spiro atoms. The molecule has 0 atom stereocenters. The summed E-state index contributed by atoms with van der Waals surface area (Å²) in [6.07, 6.45) is 0.585. The molecule has 0 fully saturated rings. The fourth-order valence-electron chi connectivity index (χ4n) is 1.46. The summed E-state index contributed by atoms with van der Waals surface area (Å²) in [7, 11) is 0. The number of hydrogen-bond donors (Lipinski definition) is 0. The van der Waals surface area contributed by atoms with Crippen LogP contribution in [0.4, 0.5) is 4.39 Å². The average Bonchev–Trinajstić information content (AvgIpc) is 2.25. The average molecular weight is 197 g/mol. The maximum absolute atomic E-state index is 13.0. The number of hydrogen-bond acceptors (Lipinski definition) is 0. The van der Waals surface area contributed by atoms with Gasteiger partial charge >= 0.3 is 0 Å². The van der Waals surface area contributed by atoms with E-state index in [2.05, 4.69) is 18.8 Å². The highest BCUT2D eigenvalue weighted by atomic mass is 19.1. The van der Waals surface area contributed by atoms with Crippen LogP contribution in [0.2, 0.25) is 0 Å². The normalized spacial score (nSPS) is 9.67. The fourth-order valence-corrected chi connectivity index (χ4v) is 1.46. The standard InChI is InChI=1S/C14H10F/c1-2-3-4-11-5-6-12-7-8-14(15)10-13(12)9-11/h5-10H,1-2H2/q+1. The van der Waals surface area contributed by atoms with E-state index in [-0.39, 0.29) is 5.82 Å². The molecule has 0 aromatic heterocycles. The van der Waals surface area contributed by atoms with Crippen LogP contribution in [-0.4, -0.2) is 0 Å². The van der Waals surface area contributed by atoms with Crippen LogP contribution in [-0.2, 0) is 0 Å². The van der Waals surface area contributed by atoms with E-state index < -0.39 is 0 Å². The Balaban J connectivity index is 2.54. The van der Waals surface area contributed by atoms with E-state index in [1.807, 2.05) is 18.2 Å². The first kappa shape index (κ1) is 9.61. The van der Waals surface area contributed by atoms with Crippen molar-refractivity contribution in [2.24, 2.45) is 0 Å². The molecule has 0 heterocycles. The van der Waals surface area contributed by atoms with Crippen molar-refractivity contribution in [1.29, 1.82) is 0 Å². The molecular formula is C14H10F+. The number of rotatable bonds is 0. The van der Waals surface area contributed by atoms with E-state index in [9.17, 15) is 4.39 Å². The second-order valence-electron chi connectivity index (χ2n) is 3.26. The minimum absolute atomic E-state index is 0.218. The largest absolute Gasteiger partial charge is 0.207 e. The topological polar surface area (TPSA) is 0 Å². The lowest BCUT2D eigenvalue weighted by Gasteiger charge is -1.98. The molecule has 0 unspecified atom stereocenters. The maximum atomic E-state index is 13.0. The molecule has 2 aromatic carbocycles. The molecule has 0 aliphatic heterocycles. The first-order valence-electron chi connectivity index (χ1n) is 4.77. The minimum atomic E-state index is -0.218. The van der Waals surface area contributed by atoms with Gasteiger partial charge in [0.1, 0.15) is 12.2 Å². The van der Waals surface area contributed by atoms with Crippen LogP contribution in [0.1, 0.15) is 12.0 Å². The van der Waals surface area contributed by atoms with Gasteiger partial charge in [-0.05, 0) is 41.0 Å². The van der Waals surface area contributed by atoms with Crippen molar-refractivity contribution in [1.82, 2.24) is 0 Å². The summed E-state index contributed by atoms with van der Waals surface area (Å²) in [6, 6.07) is 10.5. The van der Waals surface area contributed by atoms with Gasteiger partial charge in [-0.25, -0.2) is 4.39 Å². The van der Waals surface area contributed by atoms with Crippen LogP contribution in [0.15, 0.2) is 36.4 Å². The molecule has 0 bridgehead atoms. The van der Waals surface area contributed by atoms with Crippen molar-refractivity contribution in [2.75, 3.05) is 0 Å². The van der Waals surface area contributed by atoms with Gasteiger partial charge in [0.2, 0.25) is 0 Å². The number of benzene rings is 2. The number of halogens is 1. The summed E-state index contributed by atoms with van der Waals surface area (Å²) in [5.74, 6) is 5.64. The first-order valence-corrected chi connectivity index (χ1v) is 4.77. The van der Waals surface area contributed by atoms with E-state index in [4.69, 9.17) is 0 Å². The quantitative estimate of drug-likeness (QED) is 0.447. The predicted octanol–water partition coefficient (Wildman–Crippen LogP) is 3.55. The highest BCUT2D eigenvalue weighted by Crippen LogP contribution is 2.16. The summed E-state index contributed by atoms with van der Waals surface area (Å²) in [4.78, 5) is 0. The molecule has 0 amide bonds. The third kappa shape index (κ3) is 2.11. The highest BCUT2D eigenvalue weighted by molar-refractivity contribution is 5.83. The lowest BCUT2D eigenvalue weighted by molar-refractivity contribution is 0.630. The van der Waals surface area contributed by atoms with Crippen LogP contribution < -0.4 is 0 Å². The van der Waals surface area contributed by atoms with Crippen molar-refractivity contribution >= 4 is 10.8 Å². The lowest BCUT2D eigenvalue weighted by Crippen LogP contribution is -1.79. The molecular weight excluding hydrogens is 187 g/mol. The van der Waals surface area contributed by atoms with Crippen LogP contribution in [0, 0.1) is 24.6 Å². The van der Waals surface area contributed by atoms with Crippen LogP contribution >= 0.6 is 0 Å². The zero-order valence-corrected chi connectivity index (χ0v) is 8.26. The molecule has 0 N–H and O–H groups in total. The third-order valence-electron chi connectivity index (χ3n) is 2.16. The molecule has 0 aliphatic carbocycles. The Morgan fingerprint density at radius 1 is 1.07 bits per heavy atom. The third-order valence-corrected chi connectivity index (χ3v) is 2.16. The predicted molar refractivity (Wildman–Crippen MR) is 60.8 cm³/mol. The Bertz CT molecular complexity index is 544. The van der Waals surface area contributed by atoms with Crippen molar-refractivity contribution in [3.63, 3.8) is 0 Å².